The van der Waals surface area contributed by atoms with Gasteiger partial charge in [0, 0.05) is 18.5 Å². The third-order valence-corrected chi connectivity index (χ3v) is 5.53. The molecule has 0 radical (unpaired) electrons. The summed E-state index contributed by atoms with van der Waals surface area (Å²) in [5.41, 5.74) is -0.540. The standard InChI is InChI=1S/C19H28N4O3/c1-14(24)11-22-7-5-19(6-8-22)12-23(13-19)17-20-9-16(10-21-17)26-18(3,4)15(2)25/h9-10H,5-8,11-13H2,1-4H3. The molecule has 1 spiro atoms. The zero-order valence-corrected chi connectivity index (χ0v) is 16.1. The predicted octanol–water partition coefficient (Wildman–Crippen LogP) is 1.71. The van der Waals surface area contributed by atoms with Crippen LogP contribution in [0.25, 0.3) is 0 Å². The van der Waals surface area contributed by atoms with Gasteiger partial charge in [0.15, 0.2) is 17.1 Å². The van der Waals surface area contributed by atoms with E-state index in [2.05, 4.69) is 19.8 Å². The van der Waals surface area contributed by atoms with Crippen LogP contribution in [0.1, 0.15) is 40.5 Å². The number of anilines is 1. The van der Waals surface area contributed by atoms with Gasteiger partial charge in [0.1, 0.15) is 5.78 Å². The minimum Gasteiger partial charge on any atom is -0.477 e. The topological polar surface area (TPSA) is 75.6 Å². The van der Waals surface area contributed by atoms with Crippen LogP contribution in [0.5, 0.6) is 5.75 Å². The van der Waals surface area contributed by atoms with Crippen LogP contribution < -0.4 is 9.64 Å². The average molecular weight is 360 g/mol. The molecule has 1 aromatic rings. The lowest BCUT2D eigenvalue weighted by molar-refractivity contribution is -0.129. The van der Waals surface area contributed by atoms with Gasteiger partial charge in [-0.05, 0) is 53.6 Å². The molecule has 0 saturated carbocycles. The number of hydrogen-bond donors (Lipinski definition) is 0. The van der Waals surface area contributed by atoms with Gasteiger partial charge in [0.2, 0.25) is 5.95 Å². The molecule has 3 rings (SSSR count). The Labute approximate surface area is 154 Å². The van der Waals surface area contributed by atoms with Crippen LogP contribution in [-0.4, -0.2) is 64.8 Å². The number of carbonyl (C=O) groups excluding carboxylic acids is 2. The van der Waals surface area contributed by atoms with Crippen molar-refractivity contribution in [2.45, 2.75) is 46.1 Å². The first kappa shape index (κ1) is 18.8. The van der Waals surface area contributed by atoms with Crippen molar-refractivity contribution in [3.8, 4) is 5.75 Å². The van der Waals surface area contributed by atoms with E-state index < -0.39 is 5.60 Å². The number of carbonyl (C=O) groups is 2. The number of Topliss-reactive ketones (excluding diaryl/α,β-unsaturated/α-hetero) is 2. The van der Waals surface area contributed by atoms with Crippen molar-refractivity contribution in [2.75, 3.05) is 37.6 Å². The second kappa shape index (κ2) is 6.95. The Morgan fingerprint density at radius 1 is 1.15 bits per heavy atom. The number of piperidine rings is 1. The highest BCUT2D eigenvalue weighted by molar-refractivity contribution is 5.84. The zero-order valence-electron chi connectivity index (χ0n) is 16.1. The van der Waals surface area contributed by atoms with Crippen LogP contribution >= 0.6 is 0 Å². The molecule has 0 aromatic carbocycles. The maximum absolute atomic E-state index is 11.6. The highest BCUT2D eigenvalue weighted by Gasteiger charge is 2.45. The van der Waals surface area contributed by atoms with Crippen molar-refractivity contribution >= 4 is 17.5 Å². The SMILES string of the molecule is CC(=O)CN1CCC2(CC1)CN(c1ncc(OC(C)(C)C(C)=O)cn1)C2. The normalized spacial score (nSPS) is 19.9. The molecule has 2 saturated heterocycles. The maximum Gasteiger partial charge on any atom is 0.225 e. The van der Waals surface area contributed by atoms with Crippen molar-refractivity contribution in [3.63, 3.8) is 0 Å². The summed E-state index contributed by atoms with van der Waals surface area (Å²) in [4.78, 5) is 36.0. The molecule has 0 bridgehead atoms. The van der Waals surface area contributed by atoms with E-state index in [1.165, 1.54) is 6.92 Å². The summed E-state index contributed by atoms with van der Waals surface area (Å²) >= 11 is 0. The minimum absolute atomic E-state index is 0.0395. The average Bonchev–Trinajstić information content (AvgIpc) is 2.53. The summed E-state index contributed by atoms with van der Waals surface area (Å²) in [6, 6.07) is 0. The molecule has 1 aromatic heterocycles. The van der Waals surface area contributed by atoms with Crippen LogP contribution in [0.2, 0.25) is 0 Å². The first-order valence-electron chi connectivity index (χ1n) is 9.18. The van der Waals surface area contributed by atoms with Crippen LogP contribution in [-0.2, 0) is 9.59 Å². The third-order valence-electron chi connectivity index (χ3n) is 5.53. The van der Waals surface area contributed by atoms with E-state index in [9.17, 15) is 9.59 Å². The molecule has 0 N–H and O–H groups in total. The van der Waals surface area contributed by atoms with E-state index in [0.717, 1.165) is 39.0 Å². The van der Waals surface area contributed by atoms with Gasteiger partial charge < -0.3 is 9.64 Å². The fourth-order valence-electron chi connectivity index (χ4n) is 3.61. The summed E-state index contributed by atoms with van der Waals surface area (Å²) in [5.74, 6) is 1.40. The van der Waals surface area contributed by atoms with Gasteiger partial charge in [-0.2, -0.15) is 0 Å². The predicted molar refractivity (Wildman–Crippen MR) is 98.4 cm³/mol. The molecule has 2 aliphatic rings. The quantitative estimate of drug-likeness (QED) is 0.764. The molecular weight excluding hydrogens is 332 g/mol. The molecule has 0 amide bonds. The second-order valence-electron chi connectivity index (χ2n) is 8.22. The third kappa shape index (κ3) is 4.03. The first-order valence-corrected chi connectivity index (χ1v) is 9.18. The second-order valence-corrected chi connectivity index (χ2v) is 8.22. The Morgan fingerprint density at radius 3 is 2.23 bits per heavy atom. The molecule has 7 heteroatoms. The number of aromatic nitrogens is 2. The van der Waals surface area contributed by atoms with Crippen molar-refractivity contribution in [1.82, 2.24) is 14.9 Å². The van der Waals surface area contributed by atoms with Gasteiger partial charge in [-0.25, -0.2) is 9.97 Å². The lowest BCUT2D eigenvalue weighted by Crippen LogP contribution is -2.61. The highest BCUT2D eigenvalue weighted by atomic mass is 16.5. The van der Waals surface area contributed by atoms with E-state index in [-0.39, 0.29) is 11.6 Å². The summed E-state index contributed by atoms with van der Waals surface area (Å²) in [5, 5.41) is 0. The van der Waals surface area contributed by atoms with Crippen molar-refractivity contribution < 1.29 is 14.3 Å². The molecule has 3 heterocycles. The highest BCUT2D eigenvalue weighted by Crippen LogP contribution is 2.41. The molecular formula is C19H28N4O3. The number of nitrogens with zero attached hydrogens (tertiary/aromatic N) is 4. The maximum atomic E-state index is 11.6. The molecule has 7 nitrogen and oxygen atoms in total. The lowest BCUT2D eigenvalue weighted by atomic mass is 9.72. The van der Waals surface area contributed by atoms with E-state index in [4.69, 9.17) is 4.74 Å². The molecule has 26 heavy (non-hydrogen) atoms. The van der Waals surface area contributed by atoms with Gasteiger partial charge in [-0.3, -0.25) is 14.5 Å². The van der Waals surface area contributed by atoms with Gasteiger partial charge in [-0.15, -0.1) is 0 Å². The van der Waals surface area contributed by atoms with Crippen molar-refractivity contribution in [3.05, 3.63) is 12.4 Å². The Hall–Kier alpha value is -2.02. The van der Waals surface area contributed by atoms with Crippen LogP contribution in [0.15, 0.2) is 12.4 Å². The fraction of sp³-hybridized carbons (Fsp3) is 0.684. The Balaban J connectivity index is 1.52. The van der Waals surface area contributed by atoms with Gasteiger partial charge in [0.25, 0.3) is 0 Å². The van der Waals surface area contributed by atoms with Crippen LogP contribution in [0.4, 0.5) is 5.95 Å². The summed E-state index contributed by atoms with van der Waals surface area (Å²) < 4.78 is 5.68. The molecule has 2 aliphatic heterocycles. The monoisotopic (exact) mass is 360 g/mol. The minimum atomic E-state index is -0.875. The number of hydrogen-bond acceptors (Lipinski definition) is 7. The number of rotatable bonds is 6. The van der Waals surface area contributed by atoms with E-state index in [1.54, 1.807) is 33.2 Å². The van der Waals surface area contributed by atoms with Crippen molar-refractivity contribution in [2.24, 2.45) is 5.41 Å². The molecule has 142 valence electrons. The Bertz CT molecular complexity index is 671. The molecule has 0 unspecified atom stereocenters. The van der Waals surface area contributed by atoms with E-state index in [1.807, 2.05) is 0 Å². The molecule has 0 aliphatic carbocycles. The number of ether oxygens (including phenoxy) is 1. The fourth-order valence-corrected chi connectivity index (χ4v) is 3.61. The lowest BCUT2D eigenvalue weighted by Gasteiger charge is -2.53. The Kier molecular flexibility index (Phi) is 5.01. The van der Waals surface area contributed by atoms with Crippen LogP contribution in [0, 0.1) is 5.41 Å². The van der Waals surface area contributed by atoms with Gasteiger partial charge in [-0.1, -0.05) is 0 Å². The number of ketones is 2. The van der Waals surface area contributed by atoms with E-state index in [0.29, 0.717) is 23.7 Å². The summed E-state index contributed by atoms with van der Waals surface area (Å²) in [6.45, 7) is 11.1. The Morgan fingerprint density at radius 2 is 1.73 bits per heavy atom. The largest absolute Gasteiger partial charge is 0.477 e. The van der Waals surface area contributed by atoms with E-state index >= 15 is 0 Å². The summed E-state index contributed by atoms with van der Waals surface area (Å²) in [7, 11) is 0. The van der Waals surface area contributed by atoms with Gasteiger partial charge >= 0.3 is 0 Å². The van der Waals surface area contributed by atoms with Gasteiger partial charge in [0.05, 0.1) is 18.9 Å². The zero-order chi connectivity index (χ0) is 18.9. The number of likely N-dealkylation sites (tertiary alicyclic amines) is 1. The molecule has 0 atom stereocenters. The first-order chi connectivity index (χ1) is 12.2. The van der Waals surface area contributed by atoms with Crippen LogP contribution in [0.3, 0.4) is 0 Å². The van der Waals surface area contributed by atoms with Crippen molar-refractivity contribution in [1.29, 1.82) is 0 Å². The smallest absolute Gasteiger partial charge is 0.225 e. The summed E-state index contributed by atoms with van der Waals surface area (Å²) in [6.07, 6.45) is 5.50. The molecule has 2 fully saturated rings.